The average molecular weight is 286 g/mol. The van der Waals surface area contributed by atoms with Crippen molar-refractivity contribution in [3.05, 3.63) is 29.8 Å². The summed E-state index contributed by atoms with van der Waals surface area (Å²) in [5, 5.41) is 2.91. The van der Waals surface area contributed by atoms with Crippen molar-refractivity contribution in [2.75, 3.05) is 18.4 Å². The minimum atomic E-state index is -0.138. The number of aryl methyl sites for hydroxylation is 1. The molecule has 4 heteroatoms. The van der Waals surface area contributed by atoms with Crippen LogP contribution in [0.15, 0.2) is 24.3 Å². The zero-order valence-electron chi connectivity index (χ0n) is 12.5. The van der Waals surface area contributed by atoms with Gasteiger partial charge in [-0.15, -0.1) is 0 Å². The number of piperidine rings is 1. The van der Waals surface area contributed by atoms with Crippen LogP contribution >= 0.6 is 0 Å². The van der Waals surface area contributed by atoms with Crippen LogP contribution in [0.4, 0.5) is 5.69 Å². The fourth-order valence-electron chi connectivity index (χ4n) is 2.98. The molecule has 0 spiro atoms. The maximum atomic E-state index is 12.3. The Bertz CT molecular complexity index is 532. The van der Waals surface area contributed by atoms with Gasteiger partial charge >= 0.3 is 0 Å². The van der Waals surface area contributed by atoms with E-state index in [0.717, 1.165) is 37.2 Å². The van der Waals surface area contributed by atoms with Crippen molar-refractivity contribution in [2.45, 2.75) is 32.6 Å². The summed E-state index contributed by atoms with van der Waals surface area (Å²) >= 11 is 0. The summed E-state index contributed by atoms with van der Waals surface area (Å²) < 4.78 is 0. The number of carbonyl (C=O) groups excluding carboxylic acids is 2. The first-order valence-corrected chi connectivity index (χ1v) is 7.81. The van der Waals surface area contributed by atoms with Gasteiger partial charge in [0.15, 0.2) is 0 Å². The highest BCUT2D eigenvalue weighted by Crippen LogP contribution is 2.41. The number of amides is 2. The molecular weight excluding hydrogens is 264 g/mol. The molecule has 2 amide bonds. The van der Waals surface area contributed by atoms with E-state index in [2.05, 4.69) is 5.32 Å². The molecule has 1 aromatic carbocycles. The van der Waals surface area contributed by atoms with Crippen LogP contribution in [0.3, 0.4) is 0 Å². The van der Waals surface area contributed by atoms with Gasteiger partial charge in [0, 0.05) is 18.8 Å². The van der Waals surface area contributed by atoms with Gasteiger partial charge in [-0.1, -0.05) is 17.7 Å². The van der Waals surface area contributed by atoms with Gasteiger partial charge in [-0.25, -0.2) is 0 Å². The van der Waals surface area contributed by atoms with Crippen LogP contribution in [0.2, 0.25) is 0 Å². The molecule has 0 radical (unpaired) electrons. The van der Waals surface area contributed by atoms with E-state index in [4.69, 9.17) is 0 Å². The Hall–Kier alpha value is -1.84. The van der Waals surface area contributed by atoms with E-state index < -0.39 is 0 Å². The highest BCUT2D eigenvalue weighted by Gasteiger charge is 2.49. The highest BCUT2D eigenvalue weighted by atomic mass is 16.2. The molecule has 0 aromatic heterocycles. The third-order valence-corrected chi connectivity index (χ3v) is 4.43. The first kappa shape index (κ1) is 14.1. The van der Waals surface area contributed by atoms with E-state index in [1.807, 2.05) is 36.1 Å². The molecule has 2 atom stereocenters. The molecular formula is C17H22N2O2. The van der Waals surface area contributed by atoms with E-state index in [1.54, 1.807) is 0 Å². The molecule has 1 saturated carbocycles. The summed E-state index contributed by atoms with van der Waals surface area (Å²) in [6.45, 7) is 3.74. The van der Waals surface area contributed by atoms with E-state index >= 15 is 0 Å². The number of rotatable bonds is 3. The molecule has 1 aromatic rings. The molecule has 21 heavy (non-hydrogen) atoms. The van der Waals surface area contributed by atoms with E-state index in [-0.39, 0.29) is 23.7 Å². The normalized spacial score (nSPS) is 24.5. The van der Waals surface area contributed by atoms with Gasteiger partial charge in [0.25, 0.3) is 0 Å². The molecule has 3 rings (SSSR count). The Balaban J connectivity index is 1.53. The van der Waals surface area contributed by atoms with Crippen molar-refractivity contribution < 1.29 is 9.59 Å². The van der Waals surface area contributed by atoms with Crippen LogP contribution in [0.5, 0.6) is 0 Å². The van der Waals surface area contributed by atoms with E-state index in [9.17, 15) is 9.59 Å². The fraction of sp³-hybridized carbons (Fsp3) is 0.529. The van der Waals surface area contributed by atoms with Crippen molar-refractivity contribution in [3.8, 4) is 0 Å². The van der Waals surface area contributed by atoms with Crippen LogP contribution in [-0.2, 0) is 9.59 Å². The summed E-state index contributed by atoms with van der Waals surface area (Å²) in [7, 11) is 0. The van der Waals surface area contributed by atoms with Gasteiger partial charge in [-0.05, 0) is 44.7 Å². The lowest BCUT2D eigenvalue weighted by Gasteiger charge is -2.26. The molecule has 2 unspecified atom stereocenters. The van der Waals surface area contributed by atoms with Crippen molar-refractivity contribution >= 4 is 17.5 Å². The second kappa shape index (κ2) is 5.88. The average Bonchev–Trinajstić information content (AvgIpc) is 3.30. The van der Waals surface area contributed by atoms with Gasteiger partial charge in [0.2, 0.25) is 11.8 Å². The molecule has 2 aliphatic rings. The molecule has 1 aliphatic heterocycles. The molecule has 0 bridgehead atoms. The Labute approximate surface area is 125 Å². The molecule has 112 valence electrons. The zero-order valence-corrected chi connectivity index (χ0v) is 12.5. The van der Waals surface area contributed by atoms with Crippen molar-refractivity contribution in [1.82, 2.24) is 4.90 Å². The third kappa shape index (κ3) is 3.26. The van der Waals surface area contributed by atoms with Crippen molar-refractivity contribution in [3.63, 3.8) is 0 Å². The van der Waals surface area contributed by atoms with Crippen LogP contribution in [0.1, 0.15) is 31.2 Å². The Morgan fingerprint density at radius 1 is 1.05 bits per heavy atom. The molecule has 1 aliphatic carbocycles. The Kier molecular flexibility index (Phi) is 3.95. The number of nitrogens with zero attached hydrogens (tertiary/aromatic N) is 1. The van der Waals surface area contributed by atoms with Crippen molar-refractivity contribution in [2.24, 2.45) is 11.8 Å². The monoisotopic (exact) mass is 286 g/mol. The summed E-state index contributed by atoms with van der Waals surface area (Å²) in [4.78, 5) is 26.4. The lowest BCUT2D eigenvalue weighted by Crippen LogP contribution is -2.37. The SMILES string of the molecule is Cc1ccc(NC(=O)C2CC2C(=O)N2CCCCC2)cc1. The summed E-state index contributed by atoms with van der Waals surface area (Å²) in [5.41, 5.74) is 1.97. The van der Waals surface area contributed by atoms with Crippen LogP contribution in [-0.4, -0.2) is 29.8 Å². The predicted octanol–water partition coefficient (Wildman–Crippen LogP) is 2.58. The van der Waals surface area contributed by atoms with Gasteiger partial charge in [0.1, 0.15) is 0 Å². The van der Waals surface area contributed by atoms with Gasteiger partial charge in [0.05, 0.1) is 11.8 Å². The van der Waals surface area contributed by atoms with Crippen LogP contribution < -0.4 is 5.32 Å². The Morgan fingerprint density at radius 3 is 2.38 bits per heavy atom. The number of benzene rings is 1. The third-order valence-electron chi connectivity index (χ3n) is 4.43. The first-order chi connectivity index (χ1) is 10.1. The zero-order chi connectivity index (χ0) is 14.8. The summed E-state index contributed by atoms with van der Waals surface area (Å²) in [6.07, 6.45) is 4.11. The van der Waals surface area contributed by atoms with E-state index in [1.165, 1.54) is 6.42 Å². The molecule has 1 N–H and O–H groups in total. The summed E-state index contributed by atoms with van der Waals surface area (Å²) in [5.74, 6) is -0.0674. The lowest BCUT2D eigenvalue weighted by atomic mass is 10.1. The number of nitrogens with one attached hydrogen (secondary N) is 1. The first-order valence-electron chi connectivity index (χ1n) is 7.81. The minimum Gasteiger partial charge on any atom is -0.342 e. The molecule has 1 heterocycles. The van der Waals surface area contributed by atoms with Crippen LogP contribution in [0, 0.1) is 18.8 Å². The number of hydrogen-bond acceptors (Lipinski definition) is 2. The largest absolute Gasteiger partial charge is 0.342 e. The smallest absolute Gasteiger partial charge is 0.228 e. The number of carbonyl (C=O) groups is 2. The highest BCUT2D eigenvalue weighted by molar-refractivity contribution is 5.99. The standard InChI is InChI=1S/C17H22N2O2/c1-12-5-7-13(8-6-12)18-16(20)14-11-15(14)17(21)19-9-3-2-4-10-19/h5-8,14-15H,2-4,9-11H2,1H3,(H,18,20). The van der Waals surface area contributed by atoms with Crippen LogP contribution in [0.25, 0.3) is 0 Å². The molecule has 1 saturated heterocycles. The minimum absolute atomic E-state index is 0.0192. The van der Waals surface area contributed by atoms with Gasteiger partial charge < -0.3 is 10.2 Å². The topological polar surface area (TPSA) is 49.4 Å². The number of hydrogen-bond donors (Lipinski definition) is 1. The second-order valence-corrected chi connectivity index (χ2v) is 6.19. The lowest BCUT2D eigenvalue weighted by molar-refractivity contribution is -0.134. The van der Waals surface area contributed by atoms with Crippen molar-refractivity contribution in [1.29, 1.82) is 0 Å². The molecule has 2 fully saturated rings. The predicted molar refractivity (Wildman–Crippen MR) is 81.8 cm³/mol. The molecule has 4 nitrogen and oxygen atoms in total. The second-order valence-electron chi connectivity index (χ2n) is 6.19. The maximum Gasteiger partial charge on any atom is 0.228 e. The summed E-state index contributed by atoms with van der Waals surface area (Å²) in [6, 6.07) is 7.74. The number of likely N-dealkylation sites (tertiary alicyclic amines) is 1. The van der Waals surface area contributed by atoms with Gasteiger partial charge in [-0.2, -0.15) is 0 Å². The van der Waals surface area contributed by atoms with E-state index in [0.29, 0.717) is 6.42 Å². The quantitative estimate of drug-likeness (QED) is 0.928. The van der Waals surface area contributed by atoms with Gasteiger partial charge in [-0.3, -0.25) is 9.59 Å². The number of anilines is 1. The maximum absolute atomic E-state index is 12.3. The Morgan fingerprint density at radius 2 is 1.71 bits per heavy atom. The fourth-order valence-corrected chi connectivity index (χ4v) is 2.98.